The quantitative estimate of drug-likeness (QED) is 0.865. The molecule has 0 aliphatic carbocycles. The number of hydrogen-bond acceptors (Lipinski definition) is 2. The molecule has 0 saturated heterocycles. The number of aliphatic hydroxyl groups is 1. The normalized spacial score (nSPS) is 13.9. The average molecular weight is 288 g/mol. The van der Waals surface area contributed by atoms with E-state index in [0.29, 0.717) is 10.6 Å². The van der Waals surface area contributed by atoms with Crippen LogP contribution in [0.15, 0.2) is 18.2 Å². The molecule has 1 aromatic carbocycles. The van der Waals surface area contributed by atoms with Crippen LogP contribution in [0, 0.1) is 5.82 Å². The molecule has 0 radical (unpaired) electrons. The Morgan fingerprint density at radius 3 is 2.37 bits per heavy atom. The fourth-order valence-corrected chi connectivity index (χ4v) is 2.66. The summed E-state index contributed by atoms with van der Waals surface area (Å²) < 4.78 is 13.8. The van der Waals surface area contributed by atoms with E-state index in [-0.39, 0.29) is 12.2 Å². The van der Waals surface area contributed by atoms with Crippen molar-refractivity contribution >= 4 is 11.6 Å². The minimum absolute atomic E-state index is 0.217. The van der Waals surface area contributed by atoms with Gasteiger partial charge in [-0.05, 0) is 39.1 Å². The lowest BCUT2D eigenvalue weighted by atomic mass is 9.89. The van der Waals surface area contributed by atoms with E-state index >= 15 is 0 Å². The van der Waals surface area contributed by atoms with Crippen molar-refractivity contribution in [3.05, 3.63) is 34.6 Å². The number of likely N-dealkylation sites (N-methyl/N-ethyl adjacent to an activating group) is 1. The summed E-state index contributed by atoms with van der Waals surface area (Å²) in [6.45, 7) is 9.72. The van der Waals surface area contributed by atoms with Crippen molar-refractivity contribution in [2.75, 3.05) is 13.1 Å². The summed E-state index contributed by atoms with van der Waals surface area (Å²) in [5, 5.41) is 10.8. The van der Waals surface area contributed by atoms with Gasteiger partial charge in [0.25, 0.3) is 0 Å². The zero-order chi connectivity index (χ0) is 14.6. The first-order valence-electron chi connectivity index (χ1n) is 6.70. The zero-order valence-corrected chi connectivity index (χ0v) is 12.8. The molecule has 0 heterocycles. The molecule has 1 rings (SSSR count). The van der Waals surface area contributed by atoms with Crippen LogP contribution in [0.1, 0.15) is 33.3 Å². The highest BCUT2D eigenvalue weighted by Crippen LogP contribution is 2.26. The molecule has 1 aromatic rings. The van der Waals surface area contributed by atoms with Gasteiger partial charge >= 0.3 is 0 Å². The van der Waals surface area contributed by atoms with Crippen LogP contribution in [-0.2, 0) is 6.42 Å². The second-order valence-electron chi connectivity index (χ2n) is 5.25. The van der Waals surface area contributed by atoms with E-state index in [1.54, 1.807) is 12.1 Å². The molecule has 1 atom stereocenters. The van der Waals surface area contributed by atoms with Gasteiger partial charge in [0.1, 0.15) is 5.82 Å². The number of rotatable bonds is 6. The maximum absolute atomic E-state index is 13.8. The first-order chi connectivity index (χ1) is 8.84. The molecular formula is C15H23ClFNO. The van der Waals surface area contributed by atoms with E-state index < -0.39 is 11.6 Å². The first-order valence-corrected chi connectivity index (χ1v) is 7.08. The van der Waals surface area contributed by atoms with Crippen LogP contribution in [0.3, 0.4) is 0 Å². The Kier molecular flexibility index (Phi) is 5.78. The lowest BCUT2D eigenvalue weighted by molar-refractivity contribution is -0.00453. The summed E-state index contributed by atoms with van der Waals surface area (Å²) in [6, 6.07) is 4.60. The summed E-state index contributed by atoms with van der Waals surface area (Å²) in [7, 11) is 0. The first kappa shape index (κ1) is 16.4. The van der Waals surface area contributed by atoms with Gasteiger partial charge in [0, 0.05) is 22.5 Å². The summed E-state index contributed by atoms with van der Waals surface area (Å²) in [4.78, 5) is 2.16. The monoisotopic (exact) mass is 287 g/mol. The van der Waals surface area contributed by atoms with Crippen LogP contribution in [0.5, 0.6) is 0 Å². The predicted molar refractivity (Wildman–Crippen MR) is 78.1 cm³/mol. The lowest BCUT2D eigenvalue weighted by Gasteiger charge is -2.41. The Morgan fingerprint density at radius 1 is 1.32 bits per heavy atom. The molecule has 4 heteroatoms. The summed E-state index contributed by atoms with van der Waals surface area (Å²) in [6.07, 6.45) is -0.462. The molecule has 2 nitrogen and oxygen atoms in total. The molecule has 0 aliphatic heterocycles. The van der Waals surface area contributed by atoms with Crippen molar-refractivity contribution in [2.45, 2.75) is 45.8 Å². The standard InChI is InChI=1S/C15H23ClFNO/c1-5-18(6-2)15(3,4)14(19)10-11-12(16)8-7-9-13(11)17/h7-9,14,19H,5-6,10H2,1-4H3. The number of hydrogen-bond donors (Lipinski definition) is 1. The molecule has 0 saturated carbocycles. The Balaban J connectivity index is 2.93. The van der Waals surface area contributed by atoms with Gasteiger partial charge in [0.15, 0.2) is 0 Å². The highest BCUT2D eigenvalue weighted by Gasteiger charge is 2.33. The Morgan fingerprint density at radius 2 is 1.89 bits per heavy atom. The molecule has 0 fully saturated rings. The SMILES string of the molecule is CCN(CC)C(C)(C)C(O)Cc1c(F)cccc1Cl. The molecule has 0 aromatic heterocycles. The molecule has 1 N–H and O–H groups in total. The van der Waals surface area contributed by atoms with E-state index in [1.807, 2.05) is 27.7 Å². The number of nitrogens with zero attached hydrogens (tertiary/aromatic N) is 1. The van der Waals surface area contributed by atoms with E-state index in [2.05, 4.69) is 4.90 Å². The van der Waals surface area contributed by atoms with E-state index in [1.165, 1.54) is 6.07 Å². The predicted octanol–water partition coefficient (Wildman–Crippen LogP) is 3.50. The second-order valence-corrected chi connectivity index (χ2v) is 5.65. The largest absolute Gasteiger partial charge is 0.391 e. The average Bonchev–Trinajstić information content (AvgIpc) is 2.34. The van der Waals surface area contributed by atoms with Crippen LogP contribution in [0.4, 0.5) is 4.39 Å². The smallest absolute Gasteiger partial charge is 0.127 e. The molecular weight excluding hydrogens is 265 g/mol. The van der Waals surface area contributed by atoms with Crippen molar-refractivity contribution in [1.82, 2.24) is 4.90 Å². The number of aliphatic hydroxyl groups excluding tert-OH is 1. The molecule has 0 bridgehead atoms. The maximum atomic E-state index is 13.8. The molecule has 19 heavy (non-hydrogen) atoms. The second kappa shape index (κ2) is 6.69. The summed E-state index contributed by atoms with van der Waals surface area (Å²) >= 11 is 6.01. The van der Waals surface area contributed by atoms with E-state index in [9.17, 15) is 9.50 Å². The van der Waals surface area contributed by atoms with Crippen LogP contribution >= 0.6 is 11.6 Å². The van der Waals surface area contributed by atoms with Crippen molar-refractivity contribution in [3.63, 3.8) is 0 Å². The minimum Gasteiger partial charge on any atom is -0.391 e. The van der Waals surface area contributed by atoms with Crippen LogP contribution in [-0.4, -0.2) is 34.7 Å². The molecule has 0 aliphatic rings. The van der Waals surface area contributed by atoms with Crippen LogP contribution in [0.25, 0.3) is 0 Å². The van der Waals surface area contributed by atoms with Crippen molar-refractivity contribution in [2.24, 2.45) is 0 Å². The molecule has 0 amide bonds. The van der Waals surface area contributed by atoms with Crippen LogP contribution < -0.4 is 0 Å². The highest BCUT2D eigenvalue weighted by atomic mass is 35.5. The lowest BCUT2D eigenvalue weighted by Crippen LogP contribution is -2.53. The van der Waals surface area contributed by atoms with Gasteiger partial charge in [0.05, 0.1) is 6.10 Å². The van der Waals surface area contributed by atoms with Crippen molar-refractivity contribution < 1.29 is 9.50 Å². The van der Waals surface area contributed by atoms with Gasteiger partial charge in [-0.15, -0.1) is 0 Å². The van der Waals surface area contributed by atoms with Gasteiger partial charge in [-0.25, -0.2) is 4.39 Å². The Hall–Kier alpha value is -0.640. The van der Waals surface area contributed by atoms with Gasteiger partial charge in [-0.3, -0.25) is 4.90 Å². The van der Waals surface area contributed by atoms with Gasteiger partial charge in [0.2, 0.25) is 0 Å². The molecule has 0 spiro atoms. The fraction of sp³-hybridized carbons (Fsp3) is 0.600. The minimum atomic E-state index is -0.679. The Labute approximate surface area is 120 Å². The number of benzene rings is 1. The third-order valence-corrected chi connectivity index (χ3v) is 4.21. The number of halogens is 2. The fourth-order valence-electron chi connectivity index (χ4n) is 2.42. The zero-order valence-electron chi connectivity index (χ0n) is 12.1. The third kappa shape index (κ3) is 3.68. The topological polar surface area (TPSA) is 23.5 Å². The van der Waals surface area contributed by atoms with Gasteiger partial charge in [-0.1, -0.05) is 31.5 Å². The van der Waals surface area contributed by atoms with Gasteiger partial charge in [-0.2, -0.15) is 0 Å². The van der Waals surface area contributed by atoms with E-state index in [4.69, 9.17) is 11.6 Å². The Bertz CT molecular complexity index is 398. The van der Waals surface area contributed by atoms with Crippen molar-refractivity contribution in [3.8, 4) is 0 Å². The maximum Gasteiger partial charge on any atom is 0.127 e. The van der Waals surface area contributed by atoms with Gasteiger partial charge < -0.3 is 5.11 Å². The van der Waals surface area contributed by atoms with E-state index in [0.717, 1.165) is 13.1 Å². The summed E-state index contributed by atoms with van der Waals surface area (Å²) in [5.74, 6) is -0.359. The molecule has 1 unspecified atom stereocenters. The van der Waals surface area contributed by atoms with Crippen molar-refractivity contribution in [1.29, 1.82) is 0 Å². The molecule has 108 valence electrons. The summed E-state index contributed by atoms with van der Waals surface area (Å²) in [5.41, 5.74) is -0.0355. The van der Waals surface area contributed by atoms with Crippen LogP contribution in [0.2, 0.25) is 5.02 Å². The third-order valence-electron chi connectivity index (χ3n) is 3.85. The highest BCUT2D eigenvalue weighted by molar-refractivity contribution is 6.31.